The molecule has 1 amide bonds. The highest BCUT2D eigenvalue weighted by Gasteiger charge is 2.21. The topological polar surface area (TPSA) is 75.3 Å². The Morgan fingerprint density at radius 2 is 1.55 bits per heavy atom. The van der Waals surface area contributed by atoms with E-state index < -0.39 is 10.0 Å². The maximum Gasteiger partial charge on any atom is 0.240 e. The van der Waals surface area contributed by atoms with Gasteiger partial charge in [0.2, 0.25) is 15.9 Å². The molecule has 2 N–H and O–H groups in total. The van der Waals surface area contributed by atoms with Gasteiger partial charge in [0.1, 0.15) is 0 Å². The van der Waals surface area contributed by atoms with Crippen molar-refractivity contribution in [3.8, 4) is 0 Å². The number of hydrogen-bond acceptors (Lipinski definition) is 3. The van der Waals surface area contributed by atoms with Crippen LogP contribution in [0.2, 0.25) is 0 Å². The number of nitrogens with one attached hydrogen (secondary N) is 2. The Labute approximate surface area is 196 Å². The van der Waals surface area contributed by atoms with Gasteiger partial charge in [0.25, 0.3) is 0 Å². The number of hydrogen-bond donors (Lipinski definition) is 2. The van der Waals surface area contributed by atoms with Crippen molar-refractivity contribution < 1.29 is 13.2 Å². The van der Waals surface area contributed by atoms with Crippen molar-refractivity contribution in [3.05, 3.63) is 101 Å². The number of carbonyl (C=O) groups is 1. The molecule has 0 spiro atoms. The van der Waals surface area contributed by atoms with Crippen LogP contribution in [0.4, 0.5) is 0 Å². The van der Waals surface area contributed by atoms with Crippen molar-refractivity contribution in [2.45, 2.75) is 49.5 Å². The summed E-state index contributed by atoms with van der Waals surface area (Å²) in [5, 5.41) is 3.17. The zero-order valence-electron chi connectivity index (χ0n) is 18.7. The van der Waals surface area contributed by atoms with E-state index in [1.807, 2.05) is 42.5 Å². The maximum atomic E-state index is 12.5. The van der Waals surface area contributed by atoms with Gasteiger partial charge in [-0.05, 0) is 66.5 Å². The fourth-order valence-corrected chi connectivity index (χ4v) is 5.35. The molecule has 0 saturated heterocycles. The number of carbonyl (C=O) groups excluding carboxylic acids is 1. The lowest BCUT2D eigenvalue weighted by Gasteiger charge is -2.26. The molecule has 172 valence electrons. The first-order valence-electron chi connectivity index (χ1n) is 11.5. The molecule has 33 heavy (non-hydrogen) atoms. The lowest BCUT2D eigenvalue weighted by molar-refractivity contribution is -0.121. The predicted octanol–water partition coefficient (Wildman–Crippen LogP) is 4.33. The largest absolute Gasteiger partial charge is 0.349 e. The summed E-state index contributed by atoms with van der Waals surface area (Å²) < 4.78 is 27.7. The van der Waals surface area contributed by atoms with Crippen LogP contribution in [0.5, 0.6) is 0 Å². The highest BCUT2D eigenvalue weighted by molar-refractivity contribution is 7.89. The number of fused-ring (bicyclic) bond motifs is 1. The Morgan fingerprint density at radius 1 is 0.848 bits per heavy atom. The monoisotopic (exact) mass is 462 g/mol. The van der Waals surface area contributed by atoms with Crippen LogP contribution in [0.3, 0.4) is 0 Å². The molecule has 6 heteroatoms. The predicted molar refractivity (Wildman–Crippen MR) is 130 cm³/mol. The van der Waals surface area contributed by atoms with Crippen LogP contribution >= 0.6 is 0 Å². The molecule has 0 aliphatic heterocycles. The van der Waals surface area contributed by atoms with Crippen molar-refractivity contribution in [1.82, 2.24) is 10.0 Å². The number of sulfonamides is 1. The van der Waals surface area contributed by atoms with Crippen molar-refractivity contribution in [2.24, 2.45) is 0 Å². The molecule has 1 aliphatic rings. The van der Waals surface area contributed by atoms with E-state index in [0.717, 1.165) is 30.4 Å². The second-order valence-electron chi connectivity index (χ2n) is 8.49. The molecule has 5 nitrogen and oxygen atoms in total. The fraction of sp³-hybridized carbons (Fsp3) is 0.296. The minimum Gasteiger partial charge on any atom is -0.349 e. The van der Waals surface area contributed by atoms with Crippen LogP contribution in [0, 0.1) is 0 Å². The van der Waals surface area contributed by atoms with Crippen LogP contribution in [0.1, 0.15) is 47.6 Å². The van der Waals surface area contributed by atoms with Gasteiger partial charge in [0.05, 0.1) is 10.9 Å². The molecule has 0 heterocycles. The third-order valence-electron chi connectivity index (χ3n) is 6.13. The minimum absolute atomic E-state index is 0.0241. The molecule has 0 radical (unpaired) electrons. The normalized spacial score (nSPS) is 15.6. The summed E-state index contributed by atoms with van der Waals surface area (Å²) in [7, 11) is -3.56. The molecule has 0 bridgehead atoms. The lowest BCUT2D eigenvalue weighted by Crippen LogP contribution is -2.31. The Kier molecular flexibility index (Phi) is 7.57. The minimum atomic E-state index is -3.56. The first-order valence-corrected chi connectivity index (χ1v) is 13.0. The SMILES string of the molecule is O=C(CCc1ccc(S(=O)(=O)NCCc2ccccc2)cc1)NC1CCCc2ccccc21. The van der Waals surface area contributed by atoms with Gasteiger partial charge < -0.3 is 5.32 Å². The fourth-order valence-electron chi connectivity index (χ4n) is 4.32. The van der Waals surface area contributed by atoms with Crippen LogP contribution in [-0.4, -0.2) is 20.9 Å². The molecule has 4 rings (SSSR count). The third kappa shape index (κ3) is 6.30. The smallest absolute Gasteiger partial charge is 0.240 e. The second-order valence-corrected chi connectivity index (χ2v) is 10.3. The van der Waals surface area contributed by atoms with Gasteiger partial charge in [-0.3, -0.25) is 4.79 Å². The van der Waals surface area contributed by atoms with Crippen molar-refractivity contribution in [1.29, 1.82) is 0 Å². The van der Waals surface area contributed by atoms with Crippen molar-refractivity contribution >= 4 is 15.9 Å². The second kappa shape index (κ2) is 10.8. The van der Waals surface area contributed by atoms with Crippen molar-refractivity contribution in [3.63, 3.8) is 0 Å². The summed E-state index contributed by atoms with van der Waals surface area (Å²) in [6.45, 7) is 0.346. The van der Waals surface area contributed by atoms with E-state index >= 15 is 0 Å². The summed E-state index contributed by atoms with van der Waals surface area (Å²) in [5.74, 6) is 0.0241. The molecule has 0 fully saturated rings. The molecule has 1 aliphatic carbocycles. The highest BCUT2D eigenvalue weighted by atomic mass is 32.2. The number of aryl methyl sites for hydroxylation is 2. The van der Waals surface area contributed by atoms with E-state index in [4.69, 9.17) is 0 Å². The van der Waals surface area contributed by atoms with E-state index in [-0.39, 0.29) is 16.8 Å². The molecular weight excluding hydrogens is 432 g/mol. The number of rotatable bonds is 9. The van der Waals surface area contributed by atoms with Crippen LogP contribution in [-0.2, 0) is 34.1 Å². The molecule has 1 atom stereocenters. The van der Waals surface area contributed by atoms with Gasteiger partial charge in [0.15, 0.2) is 0 Å². The zero-order chi connectivity index (χ0) is 23.1. The Morgan fingerprint density at radius 3 is 2.33 bits per heavy atom. The third-order valence-corrected chi connectivity index (χ3v) is 7.60. The van der Waals surface area contributed by atoms with Crippen LogP contribution in [0.25, 0.3) is 0 Å². The summed E-state index contributed by atoms with van der Waals surface area (Å²) in [5.41, 5.74) is 4.58. The Bertz CT molecular complexity index is 1180. The van der Waals surface area contributed by atoms with Gasteiger partial charge >= 0.3 is 0 Å². The molecule has 1 unspecified atom stereocenters. The molecular formula is C27H30N2O3S. The molecule has 0 aromatic heterocycles. The molecule has 3 aromatic rings. The average Bonchev–Trinajstić information content (AvgIpc) is 2.84. The summed E-state index contributed by atoms with van der Waals surface area (Å²) >= 11 is 0. The van der Waals surface area contributed by atoms with Gasteiger partial charge in [-0.15, -0.1) is 0 Å². The Balaban J connectivity index is 1.26. The first-order chi connectivity index (χ1) is 16.0. The van der Waals surface area contributed by atoms with E-state index in [2.05, 4.69) is 22.2 Å². The van der Waals surface area contributed by atoms with E-state index in [1.54, 1.807) is 24.3 Å². The average molecular weight is 463 g/mol. The van der Waals surface area contributed by atoms with Gasteiger partial charge in [-0.1, -0.05) is 66.7 Å². The van der Waals surface area contributed by atoms with Gasteiger partial charge in [0, 0.05) is 13.0 Å². The number of benzene rings is 3. The van der Waals surface area contributed by atoms with Crippen LogP contribution < -0.4 is 10.0 Å². The van der Waals surface area contributed by atoms with E-state index in [9.17, 15) is 13.2 Å². The van der Waals surface area contributed by atoms with E-state index in [1.165, 1.54) is 11.1 Å². The maximum absolute atomic E-state index is 12.5. The van der Waals surface area contributed by atoms with Crippen molar-refractivity contribution in [2.75, 3.05) is 6.54 Å². The quantitative estimate of drug-likeness (QED) is 0.497. The number of amides is 1. The first kappa shape index (κ1) is 23.2. The lowest BCUT2D eigenvalue weighted by atomic mass is 9.87. The zero-order valence-corrected chi connectivity index (χ0v) is 19.5. The summed E-state index contributed by atoms with van der Waals surface area (Å²) in [4.78, 5) is 12.8. The summed E-state index contributed by atoms with van der Waals surface area (Å²) in [6.07, 6.45) is 4.70. The van der Waals surface area contributed by atoms with Gasteiger partial charge in [-0.25, -0.2) is 13.1 Å². The van der Waals surface area contributed by atoms with Gasteiger partial charge in [-0.2, -0.15) is 0 Å². The highest BCUT2D eigenvalue weighted by Crippen LogP contribution is 2.29. The standard InChI is InChI=1S/C27H30N2O3S/c30-27(29-26-12-6-10-23-9-4-5-11-25(23)26)18-15-22-13-16-24(17-14-22)33(31,32)28-20-19-21-7-2-1-3-8-21/h1-5,7-9,11,13-14,16-17,26,28H,6,10,12,15,18-20H2,(H,29,30). The molecule has 3 aromatic carbocycles. The Hall–Kier alpha value is -2.96. The summed E-state index contributed by atoms with van der Waals surface area (Å²) in [6, 6.07) is 25.0. The molecule has 0 saturated carbocycles. The van der Waals surface area contributed by atoms with E-state index in [0.29, 0.717) is 25.8 Å². The van der Waals surface area contributed by atoms with Crippen LogP contribution in [0.15, 0.2) is 83.8 Å².